The van der Waals surface area contributed by atoms with Gasteiger partial charge in [0.2, 0.25) is 0 Å². The Labute approximate surface area is 146 Å². The first-order valence-corrected chi connectivity index (χ1v) is 8.47. The van der Waals surface area contributed by atoms with Crippen molar-refractivity contribution in [3.63, 3.8) is 0 Å². The predicted molar refractivity (Wildman–Crippen MR) is 89.7 cm³/mol. The minimum atomic E-state index is -0.326. The number of hydrogen-bond acceptors (Lipinski definition) is 4. The first kappa shape index (κ1) is 17.5. The maximum atomic E-state index is 12.9. The molecule has 0 radical (unpaired) electrons. The molecule has 2 unspecified atom stereocenters. The second-order valence-electron chi connectivity index (χ2n) is 6.38. The smallest absolute Gasteiger partial charge is 0.289 e. The summed E-state index contributed by atoms with van der Waals surface area (Å²) >= 11 is 0. The van der Waals surface area contributed by atoms with Crippen LogP contribution in [-0.2, 0) is 6.61 Å². The number of furan rings is 1. The Hall–Kier alpha value is -2.34. The summed E-state index contributed by atoms with van der Waals surface area (Å²) in [5.41, 5.74) is 0. The van der Waals surface area contributed by atoms with E-state index in [9.17, 15) is 14.3 Å². The highest BCUT2D eigenvalue weighted by molar-refractivity contribution is 5.91. The Balaban J connectivity index is 1.64. The molecular formula is C19H22FNO4. The molecule has 0 saturated carbocycles. The topological polar surface area (TPSA) is 62.9 Å². The molecule has 1 aromatic carbocycles. The second-order valence-corrected chi connectivity index (χ2v) is 6.38. The van der Waals surface area contributed by atoms with Gasteiger partial charge in [-0.3, -0.25) is 4.79 Å². The van der Waals surface area contributed by atoms with E-state index in [1.54, 1.807) is 17.0 Å². The molecule has 1 aliphatic heterocycles. The van der Waals surface area contributed by atoms with Gasteiger partial charge in [-0.1, -0.05) is 6.92 Å². The van der Waals surface area contributed by atoms with Crippen molar-refractivity contribution in [3.8, 4) is 5.75 Å². The molecule has 1 N–H and O–H groups in total. The third-order valence-electron chi connectivity index (χ3n) is 4.63. The highest BCUT2D eigenvalue weighted by atomic mass is 19.1. The first-order chi connectivity index (χ1) is 12.1. The number of nitrogens with zero attached hydrogens (tertiary/aromatic N) is 1. The molecule has 1 fully saturated rings. The molecule has 1 aliphatic rings. The molecular weight excluding hydrogens is 325 g/mol. The van der Waals surface area contributed by atoms with E-state index in [2.05, 4.69) is 0 Å². The number of benzene rings is 1. The zero-order valence-electron chi connectivity index (χ0n) is 14.2. The summed E-state index contributed by atoms with van der Waals surface area (Å²) in [5.74, 6) is 1.00. The quantitative estimate of drug-likeness (QED) is 0.902. The minimum Gasteiger partial charge on any atom is -0.486 e. The van der Waals surface area contributed by atoms with Crippen LogP contribution in [-0.4, -0.2) is 35.1 Å². The lowest BCUT2D eigenvalue weighted by Gasteiger charge is -2.38. The van der Waals surface area contributed by atoms with Crippen LogP contribution in [0.15, 0.2) is 40.8 Å². The van der Waals surface area contributed by atoms with Crippen molar-refractivity contribution in [2.24, 2.45) is 5.92 Å². The summed E-state index contributed by atoms with van der Waals surface area (Å²) in [6.07, 6.45) is 1.93. The van der Waals surface area contributed by atoms with E-state index in [0.29, 0.717) is 18.1 Å². The minimum absolute atomic E-state index is 0.0475. The maximum Gasteiger partial charge on any atom is 0.289 e. The average molecular weight is 347 g/mol. The van der Waals surface area contributed by atoms with Crippen LogP contribution in [0.2, 0.25) is 0 Å². The normalized spacial score (nSPS) is 20.5. The molecule has 6 heteroatoms. The van der Waals surface area contributed by atoms with Crippen LogP contribution in [0.25, 0.3) is 0 Å². The number of carbonyl (C=O) groups excluding carboxylic acids is 1. The number of hydrogen-bond donors (Lipinski definition) is 1. The number of ether oxygens (including phenoxy) is 1. The van der Waals surface area contributed by atoms with Gasteiger partial charge in [0.15, 0.2) is 5.76 Å². The summed E-state index contributed by atoms with van der Waals surface area (Å²) in [4.78, 5) is 14.4. The number of carbonyl (C=O) groups is 1. The Morgan fingerprint density at radius 2 is 2.08 bits per heavy atom. The highest BCUT2D eigenvalue weighted by Gasteiger charge is 2.33. The second kappa shape index (κ2) is 7.70. The number of aliphatic hydroxyl groups excluding tert-OH is 1. The molecule has 0 bridgehead atoms. The largest absolute Gasteiger partial charge is 0.486 e. The molecule has 2 atom stereocenters. The summed E-state index contributed by atoms with van der Waals surface area (Å²) in [7, 11) is 0. The van der Waals surface area contributed by atoms with Crippen molar-refractivity contribution >= 4 is 5.91 Å². The van der Waals surface area contributed by atoms with Gasteiger partial charge >= 0.3 is 0 Å². The molecule has 1 aromatic heterocycles. The van der Waals surface area contributed by atoms with E-state index in [1.807, 2.05) is 6.92 Å². The van der Waals surface area contributed by atoms with Crippen molar-refractivity contribution < 1.29 is 23.4 Å². The molecule has 3 rings (SSSR count). The van der Waals surface area contributed by atoms with E-state index in [4.69, 9.17) is 9.15 Å². The maximum absolute atomic E-state index is 12.9. The first-order valence-electron chi connectivity index (χ1n) is 8.47. The number of aliphatic hydroxyl groups is 1. The van der Waals surface area contributed by atoms with Crippen LogP contribution in [0.1, 0.15) is 36.1 Å². The number of halogens is 1. The Morgan fingerprint density at radius 3 is 2.80 bits per heavy atom. The molecule has 5 nitrogen and oxygen atoms in total. The number of likely N-dealkylation sites (tertiary alicyclic amines) is 1. The SMILES string of the molecule is CC1CCCN(C(=O)c2ccc(COc3ccc(F)cc3)o2)C1CO. The van der Waals surface area contributed by atoms with E-state index < -0.39 is 0 Å². The van der Waals surface area contributed by atoms with Crippen LogP contribution in [0.3, 0.4) is 0 Å². The summed E-state index contributed by atoms with van der Waals surface area (Å²) in [6, 6.07) is 8.84. The Morgan fingerprint density at radius 1 is 1.32 bits per heavy atom. The number of amides is 1. The van der Waals surface area contributed by atoms with Gasteiger partial charge in [-0.2, -0.15) is 0 Å². The molecule has 25 heavy (non-hydrogen) atoms. The van der Waals surface area contributed by atoms with Gasteiger partial charge in [0.1, 0.15) is 23.9 Å². The lowest BCUT2D eigenvalue weighted by molar-refractivity contribution is 0.0329. The standard InChI is InChI=1S/C19H22FNO4/c1-13-3-2-10-21(17(13)11-22)19(23)18-9-8-16(25-18)12-24-15-6-4-14(20)5-7-15/h4-9,13,17,22H,2-3,10-12H2,1H3. The van der Waals surface area contributed by atoms with E-state index in [-0.39, 0.29) is 42.7 Å². The molecule has 1 amide bonds. The lowest BCUT2D eigenvalue weighted by Crippen LogP contribution is -2.49. The Bertz CT molecular complexity index is 712. The van der Waals surface area contributed by atoms with E-state index in [0.717, 1.165) is 12.8 Å². The van der Waals surface area contributed by atoms with Gasteiger partial charge in [-0.15, -0.1) is 0 Å². The van der Waals surface area contributed by atoms with Crippen LogP contribution in [0.5, 0.6) is 5.75 Å². The molecule has 0 aliphatic carbocycles. The van der Waals surface area contributed by atoms with Gasteiger partial charge in [-0.05, 0) is 55.2 Å². The number of rotatable bonds is 5. The molecule has 134 valence electrons. The Kier molecular flexibility index (Phi) is 5.38. The van der Waals surface area contributed by atoms with Crippen LogP contribution >= 0.6 is 0 Å². The molecule has 2 heterocycles. The van der Waals surface area contributed by atoms with Crippen LogP contribution in [0.4, 0.5) is 4.39 Å². The summed E-state index contributed by atoms with van der Waals surface area (Å²) < 4.78 is 24.0. The van der Waals surface area contributed by atoms with Crippen LogP contribution in [0, 0.1) is 11.7 Å². The molecule has 0 spiro atoms. The number of piperidine rings is 1. The fraction of sp³-hybridized carbons (Fsp3) is 0.421. The van der Waals surface area contributed by atoms with Gasteiger partial charge < -0.3 is 19.2 Å². The van der Waals surface area contributed by atoms with Gasteiger partial charge in [-0.25, -0.2) is 4.39 Å². The summed E-state index contributed by atoms with van der Waals surface area (Å²) in [6.45, 7) is 2.77. The zero-order chi connectivity index (χ0) is 17.8. The third-order valence-corrected chi connectivity index (χ3v) is 4.63. The average Bonchev–Trinajstić information content (AvgIpc) is 3.09. The van der Waals surface area contributed by atoms with Crippen molar-refractivity contribution in [1.29, 1.82) is 0 Å². The van der Waals surface area contributed by atoms with Crippen LogP contribution < -0.4 is 4.74 Å². The third kappa shape index (κ3) is 4.02. The zero-order valence-corrected chi connectivity index (χ0v) is 14.2. The van der Waals surface area contributed by atoms with Crippen molar-refractivity contribution in [2.75, 3.05) is 13.2 Å². The monoisotopic (exact) mass is 347 g/mol. The van der Waals surface area contributed by atoms with Gasteiger partial charge in [0.25, 0.3) is 5.91 Å². The van der Waals surface area contributed by atoms with E-state index >= 15 is 0 Å². The fourth-order valence-corrected chi connectivity index (χ4v) is 3.18. The predicted octanol–water partition coefficient (Wildman–Crippen LogP) is 3.23. The molecule has 1 saturated heterocycles. The lowest BCUT2D eigenvalue weighted by atomic mass is 9.91. The van der Waals surface area contributed by atoms with Crippen molar-refractivity contribution in [2.45, 2.75) is 32.4 Å². The van der Waals surface area contributed by atoms with Crippen molar-refractivity contribution in [3.05, 3.63) is 53.7 Å². The van der Waals surface area contributed by atoms with Gasteiger partial charge in [0, 0.05) is 6.54 Å². The highest BCUT2D eigenvalue weighted by Crippen LogP contribution is 2.25. The summed E-state index contributed by atoms with van der Waals surface area (Å²) in [5, 5.41) is 9.59. The van der Waals surface area contributed by atoms with Gasteiger partial charge in [0.05, 0.1) is 12.6 Å². The van der Waals surface area contributed by atoms with Crippen molar-refractivity contribution in [1.82, 2.24) is 4.90 Å². The fourth-order valence-electron chi connectivity index (χ4n) is 3.18. The van der Waals surface area contributed by atoms with E-state index in [1.165, 1.54) is 24.3 Å². The molecule has 2 aromatic rings.